The molecule has 2 aromatic heterocycles. The quantitative estimate of drug-likeness (QED) is 0.310. The smallest absolute Gasteiger partial charge is 0.169 e. The van der Waals surface area contributed by atoms with Crippen molar-refractivity contribution in [3.63, 3.8) is 0 Å². The maximum atomic E-state index is 13.2. The zero-order valence-corrected chi connectivity index (χ0v) is 17.9. The number of nitrogens with zero attached hydrogens (tertiary/aromatic N) is 5. The number of halogens is 1. The molecule has 8 nitrogen and oxygen atoms in total. The minimum absolute atomic E-state index is 0.112. The van der Waals surface area contributed by atoms with Gasteiger partial charge in [-0.3, -0.25) is 14.7 Å². The van der Waals surface area contributed by atoms with Crippen molar-refractivity contribution in [2.75, 3.05) is 18.2 Å². The molecule has 1 fully saturated rings. The van der Waals surface area contributed by atoms with Gasteiger partial charge in [0.15, 0.2) is 12.1 Å². The summed E-state index contributed by atoms with van der Waals surface area (Å²) >= 11 is 0. The summed E-state index contributed by atoms with van der Waals surface area (Å²) in [5.41, 5.74) is 2.98. The highest BCUT2D eigenvalue weighted by Crippen LogP contribution is 2.29. The molecule has 1 aliphatic heterocycles. The topological polar surface area (TPSA) is 90.8 Å². The van der Waals surface area contributed by atoms with Crippen molar-refractivity contribution < 1.29 is 13.9 Å². The molecular formula is C23H27FN6O2. The van der Waals surface area contributed by atoms with E-state index in [1.807, 2.05) is 23.0 Å². The highest BCUT2D eigenvalue weighted by Gasteiger charge is 2.15. The first-order valence-corrected chi connectivity index (χ1v) is 10.6. The molecule has 1 atom stereocenters. The van der Waals surface area contributed by atoms with Crippen molar-refractivity contribution in [3.05, 3.63) is 60.2 Å². The van der Waals surface area contributed by atoms with Gasteiger partial charge in [0.2, 0.25) is 0 Å². The Morgan fingerprint density at radius 2 is 2.09 bits per heavy atom. The first-order chi connectivity index (χ1) is 15.6. The summed E-state index contributed by atoms with van der Waals surface area (Å²) in [5, 5.41) is 5.88. The Morgan fingerprint density at radius 1 is 1.25 bits per heavy atom. The Balaban J connectivity index is 1.43. The first kappa shape index (κ1) is 22.1. The average Bonchev–Trinajstić information content (AvgIpc) is 3.30. The third-order valence-electron chi connectivity index (χ3n) is 5.25. The molecule has 9 heteroatoms. The van der Waals surface area contributed by atoms with E-state index in [0.717, 1.165) is 37.0 Å². The standard InChI is InChI=1S/C23H27FN6O2/c1-26-21-10-9-20(28-23(21)30(25)15-17-5-7-19(24)8-6-17)18-14-27-29(16-18)11-13-32-22-4-2-3-12-31-22/h5-10,14,16,22H,1-4,11-13,15,25H2. The third kappa shape index (κ3) is 5.56. The molecule has 0 spiro atoms. The first-order valence-electron chi connectivity index (χ1n) is 10.6. The Bertz CT molecular complexity index is 1030. The molecule has 0 amide bonds. The van der Waals surface area contributed by atoms with Crippen LogP contribution in [-0.2, 0) is 22.6 Å². The largest absolute Gasteiger partial charge is 0.353 e. The number of pyridine rings is 1. The molecule has 3 heterocycles. The van der Waals surface area contributed by atoms with Crippen molar-refractivity contribution in [1.29, 1.82) is 0 Å². The van der Waals surface area contributed by atoms with Crippen molar-refractivity contribution in [1.82, 2.24) is 14.8 Å². The SMILES string of the molecule is C=Nc1ccc(-c2cnn(CCOC3CCCCO3)c2)nc1N(N)Cc1ccc(F)cc1. The number of rotatable bonds is 9. The molecule has 2 N–H and O–H groups in total. The lowest BCUT2D eigenvalue weighted by Gasteiger charge is -2.22. The molecule has 4 rings (SSSR count). The fourth-order valence-corrected chi connectivity index (χ4v) is 3.54. The summed E-state index contributed by atoms with van der Waals surface area (Å²) in [7, 11) is 0. The molecule has 0 bridgehead atoms. The highest BCUT2D eigenvalue weighted by atomic mass is 19.1. The second kappa shape index (κ2) is 10.4. The van der Waals surface area contributed by atoms with Gasteiger partial charge in [0, 0.05) is 18.4 Å². The predicted octanol–water partition coefficient (Wildman–Crippen LogP) is 3.84. The molecule has 1 aromatic carbocycles. The van der Waals surface area contributed by atoms with E-state index >= 15 is 0 Å². The maximum Gasteiger partial charge on any atom is 0.169 e. The van der Waals surface area contributed by atoms with Gasteiger partial charge in [-0.05, 0) is 55.8 Å². The lowest BCUT2D eigenvalue weighted by Crippen LogP contribution is -2.31. The second-order valence-corrected chi connectivity index (χ2v) is 7.61. The molecular weight excluding hydrogens is 411 g/mol. The normalized spacial score (nSPS) is 16.1. The summed E-state index contributed by atoms with van der Waals surface area (Å²) in [5.74, 6) is 6.46. The lowest BCUT2D eigenvalue weighted by molar-refractivity contribution is -0.163. The Morgan fingerprint density at radius 3 is 2.84 bits per heavy atom. The second-order valence-electron chi connectivity index (χ2n) is 7.61. The van der Waals surface area contributed by atoms with E-state index in [0.29, 0.717) is 36.9 Å². The molecule has 1 aliphatic rings. The number of hydrazine groups is 1. The van der Waals surface area contributed by atoms with Crippen molar-refractivity contribution >= 4 is 18.2 Å². The maximum absolute atomic E-state index is 13.2. The van der Waals surface area contributed by atoms with Gasteiger partial charge in [-0.25, -0.2) is 15.2 Å². The number of aromatic nitrogens is 3. The molecule has 32 heavy (non-hydrogen) atoms. The lowest BCUT2D eigenvalue weighted by atomic mass is 10.2. The number of hydrogen-bond acceptors (Lipinski definition) is 7. The van der Waals surface area contributed by atoms with Crippen LogP contribution in [-0.4, -0.2) is 41.0 Å². The average molecular weight is 439 g/mol. The number of anilines is 1. The number of benzene rings is 1. The van der Waals surface area contributed by atoms with Gasteiger partial charge < -0.3 is 9.47 Å². The number of aliphatic imine (C=N–C) groups is 1. The molecule has 0 radical (unpaired) electrons. The van der Waals surface area contributed by atoms with Crippen molar-refractivity contribution in [3.8, 4) is 11.3 Å². The molecule has 1 saturated heterocycles. The molecule has 168 valence electrons. The van der Waals surface area contributed by atoms with Gasteiger partial charge in [-0.2, -0.15) is 5.10 Å². The summed E-state index contributed by atoms with van der Waals surface area (Å²) in [6, 6.07) is 9.84. The Hall–Kier alpha value is -3.14. The van der Waals surface area contributed by atoms with Crippen LogP contribution in [0.1, 0.15) is 24.8 Å². The van der Waals surface area contributed by atoms with Crippen LogP contribution >= 0.6 is 0 Å². The minimum Gasteiger partial charge on any atom is -0.353 e. The van der Waals surface area contributed by atoms with Gasteiger partial charge in [0.25, 0.3) is 0 Å². The zero-order chi connectivity index (χ0) is 22.3. The third-order valence-corrected chi connectivity index (χ3v) is 5.25. The van der Waals surface area contributed by atoms with Crippen LogP contribution in [0.4, 0.5) is 15.9 Å². The van der Waals surface area contributed by atoms with Crippen molar-refractivity contribution in [2.24, 2.45) is 10.8 Å². The summed E-state index contributed by atoms with van der Waals surface area (Å²) in [6.45, 7) is 5.86. The van der Waals surface area contributed by atoms with E-state index < -0.39 is 0 Å². The van der Waals surface area contributed by atoms with Gasteiger partial charge in [-0.15, -0.1) is 0 Å². The van der Waals surface area contributed by atoms with Crippen LogP contribution in [0, 0.1) is 5.82 Å². The van der Waals surface area contributed by atoms with Crippen LogP contribution in [0.5, 0.6) is 0 Å². The van der Waals surface area contributed by atoms with Crippen LogP contribution in [0.15, 0.2) is 53.8 Å². The molecule has 1 unspecified atom stereocenters. The monoisotopic (exact) mass is 438 g/mol. The van der Waals surface area contributed by atoms with Gasteiger partial charge in [0.1, 0.15) is 11.5 Å². The number of hydrogen-bond donors (Lipinski definition) is 1. The Labute approximate surface area is 186 Å². The number of ether oxygens (including phenoxy) is 2. The summed E-state index contributed by atoms with van der Waals surface area (Å²) in [6.07, 6.45) is 6.73. The Kier molecular flexibility index (Phi) is 7.21. The minimum atomic E-state index is -0.292. The van der Waals surface area contributed by atoms with Crippen LogP contribution in [0.25, 0.3) is 11.3 Å². The number of nitrogens with two attached hydrogens (primary N) is 1. The zero-order valence-electron chi connectivity index (χ0n) is 17.9. The molecule has 0 aliphatic carbocycles. The fourth-order valence-electron chi connectivity index (χ4n) is 3.54. The van der Waals surface area contributed by atoms with Crippen LogP contribution in [0.3, 0.4) is 0 Å². The van der Waals surface area contributed by atoms with E-state index in [4.69, 9.17) is 15.3 Å². The molecule has 3 aromatic rings. The van der Waals surface area contributed by atoms with Crippen LogP contribution < -0.4 is 10.9 Å². The summed E-state index contributed by atoms with van der Waals surface area (Å²) < 4.78 is 26.4. The van der Waals surface area contributed by atoms with E-state index in [2.05, 4.69) is 21.8 Å². The van der Waals surface area contributed by atoms with Gasteiger partial charge in [0.05, 0.1) is 31.6 Å². The van der Waals surface area contributed by atoms with E-state index in [1.54, 1.807) is 18.3 Å². The predicted molar refractivity (Wildman–Crippen MR) is 121 cm³/mol. The van der Waals surface area contributed by atoms with Gasteiger partial charge in [-0.1, -0.05) is 12.1 Å². The fraction of sp³-hybridized carbons (Fsp3) is 0.348. The van der Waals surface area contributed by atoms with Crippen molar-refractivity contribution in [2.45, 2.75) is 38.6 Å². The van der Waals surface area contributed by atoms with Gasteiger partial charge >= 0.3 is 0 Å². The van der Waals surface area contributed by atoms with E-state index in [9.17, 15) is 4.39 Å². The van der Waals surface area contributed by atoms with E-state index in [1.165, 1.54) is 17.1 Å². The highest BCUT2D eigenvalue weighted by molar-refractivity contribution is 5.70. The van der Waals surface area contributed by atoms with Crippen LogP contribution in [0.2, 0.25) is 0 Å². The molecule has 0 saturated carbocycles. The van der Waals surface area contributed by atoms with E-state index in [-0.39, 0.29) is 12.1 Å². The summed E-state index contributed by atoms with van der Waals surface area (Å²) in [4.78, 5) is 8.71.